The first-order valence-electron chi connectivity index (χ1n) is 6.70. The zero-order valence-electron chi connectivity index (χ0n) is 11.6. The van der Waals surface area contributed by atoms with Gasteiger partial charge in [-0.25, -0.2) is 0 Å². The molecule has 0 N–H and O–H groups in total. The Bertz CT molecular complexity index is 600. The number of fused-ring (bicyclic) bond motifs is 1. The number of ether oxygens (including phenoxy) is 2. The van der Waals surface area contributed by atoms with Crippen LogP contribution in [0, 0.1) is 0 Å². The van der Waals surface area contributed by atoms with Crippen LogP contribution in [0.5, 0.6) is 11.5 Å². The maximum atomic E-state index is 5.96. The van der Waals surface area contributed by atoms with Gasteiger partial charge in [0, 0.05) is 12.8 Å². The van der Waals surface area contributed by atoms with Gasteiger partial charge in [-0.15, -0.1) is 10.2 Å². The summed E-state index contributed by atoms with van der Waals surface area (Å²) < 4.78 is 13.7. The lowest BCUT2D eigenvalue weighted by Gasteiger charge is -2.25. The molecule has 106 valence electrons. The van der Waals surface area contributed by atoms with Gasteiger partial charge in [0.25, 0.3) is 0 Å². The molecule has 0 fully saturated rings. The molecule has 0 saturated heterocycles. The summed E-state index contributed by atoms with van der Waals surface area (Å²) >= 11 is 1.71. The Morgan fingerprint density at radius 2 is 2.10 bits per heavy atom. The van der Waals surface area contributed by atoms with Crippen LogP contribution < -0.4 is 9.47 Å². The summed E-state index contributed by atoms with van der Waals surface area (Å²) in [6.45, 7) is 2.61. The zero-order chi connectivity index (χ0) is 13.9. The van der Waals surface area contributed by atoms with E-state index in [-0.39, 0.29) is 6.10 Å². The summed E-state index contributed by atoms with van der Waals surface area (Å²) in [5.41, 5.74) is 0. The highest BCUT2D eigenvalue weighted by Crippen LogP contribution is 2.35. The number of aromatic nitrogens is 3. The summed E-state index contributed by atoms with van der Waals surface area (Å²) in [5.74, 6) is 3.38. The van der Waals surface area contributed by atoms with Gasteiger partial charge in [0.15, 0.2) is 28.6 Å². The predicted octanol–water partition coefficient (Wildman–Crippen LogP) is 2.83. The minimum Gasteiger partial charge on any atom is -0.485 e. The molecule has 0 amide bonds. The number of nitrogens with zero attached hydrogens (tertiary/aromatic N) is 3. The smallest absolute Gasteiger partial charge is 0.192 e. The summed E-state index contributed by atoms with van der Waals surface area (Å²) in [6, 6.07) is 7.68. The van der Waals surface area contributed by atoms with Crippen LogP contribution in [-0.2, 0) is 7.05 Å². The molecule has 5 nitrogen and oxygen atoms in total. The van der Waals surface area contributed by atoms with E-state index in [0.717, 1.165) is 34.7 Å². The monoisotopic (exact) mass is 291 g/mol. The number of rotatable bonds is 4. The van der Waals surface area contributed by atoms with Crippen LogP contribution in [0.2, 0.25) is 0 Å². The Balaban J connectivity index is 1.79. The Morgan fingerprint density at radius 3 is 2.90 bits per heavy atom. The molecule has 0 saturated carbocycles. The third-order valence-corrected chi connectivity index (χ3v) is 4.33. The summed E-state index contributed by atoms with van der Waals surface area (Å²) in [6.07, 6.45) is 0.905. The second-order valence-electron chi connectivity index (χ2n) is 4.61. The van der Waals surface area contributed by atoms with Crippen molar-refractivity contribution >= 4 is 11.8 Å². The minimum absolute atomic E-state index is 0.210. The summed E-state index contributed by atoms with van der Waals surface area (Å²) in [7, 11) is 1.97. The first-order chi connectivity index (χ1) is 9.79. The molecule has 1 unspecified atom stereocenters. The van der Waals surface area contributed by atoms with Gasteiger partial charge in [-0.3, -0.25) is 0 Å². The minimum atomic E-state index is -0.210. The molecule has 2 aromatic rings. The lowest BCUT2D eigenvalue weighted by Crippen LogP contribution is -2.24. The van der Waals surface area contributed by atoms with Gasteiger partial charge < -0.3 is 14.0 Å². The SMILES string of the molecule is CCCSc1nnc(C2COc3ccccc3O2)n1C. The average Bonchev–Trinajstić information content (AvgIpc) is 2.85. The molecule has 3 rings (SSSR count). The second-order valence-corrected chi connectivity index (χ2v) is 5.67. The van der Waals surface area contributed by atoms with Crippen LogP contribution in [0.15, 0.2) is 29.4 Å². The number of benzene rings is 1. The molecule has 1 atom stereocenters. The fourth-order valence-corrected chi connectivity index (χ4v) is 2.84. The van der Waals surface area contributed by atoms with E-state index in [4.69, 9.17) is 9.47 Å². The highest BCUT2D eigenvalue weighted by Gasteiger charge is 2.27. The van der Waals surface area contributed by atoms with Crippen molar-refractivity contribution < 1.29 is 9.47 Å². The van der Waals surface area contributed by atoms with Gasteiger partial charge in [-0.05, 0) is 18.6 Å². The van der Waals surface area contributed by atoms with Crippen molar-refractivity contribution in [1.82, 2.24) is 14.8 Å². The van der Waals surface area contributed by atoms with E-state index in [1.165, 1.54) is 0 Å². The van der Waals surface area contributed by atoms with Crippen LogP contribution in [0.3, 0.4) is 0 Å². The van der Waals surface area contributed by atoms with Gasteiger partial charge >= 0.3 is 0 Å². The van der Waals surface area contributed by atoms with E-state index in [0.29, 0.717) is 6.61 Å². The van der Waals surface area contributed by atoms with Gasteiger partial charge in [0.2, 0.25) is 0 Å². The molecule has 1 aliphatic heterocycles. The van der Waals surface area contributed by atoms with Crippen LogP contribution in [0.1, 0.15) is 25.3 Å². The Kier molecular flexibility index (Phi) is 3.82. The van der Waals surface area contributed by atoms with E-state index in [1.807, 2.05) is 35.9 Å². The Labute approximate surface area is 122 Å². The van der Waals surface area contributed by atoms with Crippen LogP contribution in [0.25, 0.3) is 0 Å². The first kappa shape index (κ1) is 13.3. The van der Waals surface area contributed by atoms with Crippen molar-refractivity contribution in [3.8, 4) is 11.5 Å². The molecule has 6 heteroatoms. The molecular weight excluding hydrogens is 274 g/mol. The number of para-hydroxylation sites is 2. The fraction of sp³-hybridized carbons (Fsp3) is 0.429. The first-order valence-corrected chi connectivity index (χ1v) is 7.68. The molecule has 1 aromatic carbocycles. The molecule has 0 radical (unpaired) electrons. The molecule has 0 bridgehead atoms. The van der Waals surface area contributed by atoms with Crippen molar-refractivity contribution in [2.75, 3.05) is 12.4 Å². The van der Waals surface area contributed by atoms with Crippen molar-refractivity contribution in [2.45, 2.75) is 24.6 Å². The molecule has 2 heterocycles. The Hall–Kier alpha value is -1.69. The van der Waals surface area contributed by atoms with Gasteiger partial charge in [0.05, 0.1) is 0 Å². The summed E-state index contributed by atoms with van der Waals surface area (Å²) in [5, 5.41) is 9.40. The Morgan fingerprint density at radius 1 is 1.30 bits per heavy atom. The molecule has 1 aliphatic rings. The normalized spacial score (nSPS) is 17.2. The van der Waals surface area contributed by atoms with Crippen molar-refractivity contribution in [2.24, 2.45) is 7.05 Å². The van der Waals surface area contributed by atoms with Gasteiger partial charge in [-0.1, -0.05) is 30.8 Å². The summed E-state index contributed by atoms with van der Waals surface area (Å²) in [4.78, 5) is 0. The second kappa shape index (κ2) is 5.75. The number of hydrogen-bond acceptors (Lipinski definition) is 5. The van der Waals surface area contributed by atoms with E-state index in [2.05, 4.69) is 17.1 Å². The van der Waals surface area contributed by atoms with E-state index >= 15 is 0 Å². The van der Waals surface area contributed by atoms with Crippen LogP contribution in [-0.4, -0.2) is 27.1 Å². The third-order valence-electron chi connectivity index (χ3n) is 3.10. The molecule has 1 aromatic heterocycles. The third kappa shape index (κ3) is 2.47. The lowest BCUT2D eigenvalue weighted by atomic mass is 10.2. The van der Waals surface area contributed by atoms with Crippen LogP contribution in [0.4, 0.5) is 0 Å². The lowest BCUT2D eigenvalue weighted by molar-refractivity contribution is 0.0825. The van der Waals surface area contributed by atoms with E-state index < -0.39 is 0 Å². The number of thioether (sulfide) groups is 1. The molecular formula is C14H17N3O2S. The maximum Gasteiger partial charge on any atom is 0.192 e. The van der Waals surface area contributed by atoms with E-state index in [9.17, 15) is 0 Å². The van der Waals surface area contributed by atoms with Crippen molar-refractivity contribution in [3.05, 3.63) is 30.1 Å². The average molecular weight is 291 g/mol. The molecule has 0 spiro atoms. The topological polar surface area (TPSA) is 49.2 Å². The van der Waals surface area contributed by atoms with Crippen LogP contribution >= 0.6 is 11.8 Å². The largest absolute Gasteiger partial charge is 0.485 e. The highest BCUT2D eigenvalue weighted by molar-refractivity contribution is 7.99. The zero-order valence-corrected chi connectivity index (χ0v) is 12.4. The highest BCUT2D eigenvalue weighted by atomic mass is 32.2. The molecule has 0 aliphatic carbocycles. The molecule has 20 heavy (non-hydrogen) atoms. The number of hydrogen-bond donors (Lipinski definition) is 0. The quantitative estimate of drug-likeness (QED) is 0.811. The predicted molar refractivity (Wildman–Crippen MR) is 77.3 cm³/mol. The van der Waals surface area contributed by atoms with Gasteiger partial charge in [0.1, 0.15) is 6.61 Å². The maximum absolute atomic E-state index is 5.96. The van der Waals surface area contributed by atoms with Gasteiger partial charge in [-0.2, -0.15) is 0 Å². The fourth-order valence-electron chi connectivity index (χ4n) is 2.07. The van der Waals surface area contributed by atoms with E-state index in [1.54, 1.807) is 11.8 Å². The standard InChI is InChI=1S/C14H17N3O2S/c1-3-8-20-14-16-15-13(17(14)2)12-9-18-10-6-4-5-7-11(10)19-12/h4-7,12H,3,8-9H2,1-2H3. The van der Waals surface area contributed by atoms with Crippen molar-refractivity contribution in [3.63, 3.8) is 0 Å². The van der Waals surface area contributed by atoms with Crippen molar-refractivity contribution in [1.29, 1.82) is 0 Å².